The summed E-state index contributed by atoms with van der Waals surface area (Å²) in [7, 11) is 0. The number of nitrogens with zero attached hydrogens (tertiary/aromatic N) is 4. The molecular weight excluding hydrogens is 414 g/mol. The van der Waals surface area contributed by atoms with E-state index in [2.05, 4.69) is 11.2 Å². The molecule has 0 unspecified atom stereocenters. The van der Waals surface area contributed by atoms with Gasteiger partial charge in [0.15, 0.2) is 24.1 Å². The van der Waals surface area contributed by atoms with Crippen molar-refractivity contribution in [3.05, 3.63) is 82.7 Å². The van der Waals surface area contributed by atoms with E-state index < -0.39 is 11.6 Å². The zero-order valence-corrected chi connectivity index (χ0v) is 18.2. The number of aryl methyl sites for hydroxylation is 2. The van der Waals surface area contributed by atoms with Crippen LogP contribution in [-0.4, -0.2) is 51.7 Å². The molecule has 3 aromatic rings. The highest BCUT2D eigenvalue weighted by molar-refractivity contribution is 5.92. The van der Waals surface area contributed by atoms with Crippen molar-refractivity contribution in [2.45, 2.75) is 27.1 Å². The lowest BCUT2D eigenvalue weighted by Gasteiger charge is -2.34. The van der Waals surface area contributed by atoms with Gasteiger partial charge in [-0.1, -0.05) is 18.2 Å². The Morgan fingerprint density at radius 3 is 2.47 bits per heavy atom. The Balaban J connectivity index is 1.30. The first-order chi connectivity index (χ1) is 15.4. The second kappa shape index (κ2) is 9.48. The molecule has 168 valence electrons. The summed E-state index contributed by atoms with van der Waals surface area (Å²) in [6.07, 6.45) is 1.72. The number of halogens is 2. The number of rotatable bonds is 6. The number of aromatic nitrogens is 2. The summed E-state index contributed by atoms with van der Waals surface area (Å²) in [5, 5.41) is 4.35. The first kappa shape index (κ1) is 22.0. The van der Waals surface area contributed by atoms with Crippen LogP contribution in [0.1, 0.15) is 27.2 Å². The van der Waals surface area contributed by atoms with Gasteiger partial charge in [-0.25, -0.2) is 13.5 Å². The van der Waals surface area contributed by atoms with Crippen molar-refractivity contribution in [1.29, 1.82) is 0 Å². The van der Waals surface area contributed by atoms with Crippen molar-refractivity contribution in [3.8, 4) is 5.75 Å². The smallest absolute Gasteiger partial charge is 0.274 e. The number of carbonyl (C=O) groups is 1. The van der Waals surface area contributed by atoms with E-state index in [9.17, 15) is 13.6 Å². The minimum atomic E-state index is -0.839. The second-order valence-electron chi connectivity index (χ2n) is 8.12. The zero-order valence-electron chi connectivity index (χ0n) is 18.2. The number of hydrogen-bond acceptors (Lipinski definition) is 4. The summed E-state index contributed by atoms with van der Waals surface area (Å²) in [4.78, 5) is 16.6. The lowest BCUT2D eigenvalue weighted by atomic mass is 10.1. The summed E-state index contributed by atoms with van der Waals surface area (Å²) < 4.78 is 34.7. The highest BCUT2D eigenvalue weighted by Gasteiger charge is 2.24. The zero-order chi connectivity index (χ0) is 22.7. The van der Waals surface area contributed by atoms with E-state index in [0.717, 1.165) is 22.9 Å². The number of benzene rings is 2. The van der Waals surface area contributed by atoms with Crippen molar-refractivity contribution < 1.29 is 18.3 Å². The molecule has 2 heterocycles. The Morgan fingerprint density at radius 1 is 1.03 bits per heavy atom. The molecule has 1 aliphatic heterocycles. The molecule has 0 atom stereocenters. The van der Waals surface area contributed by atoms with Gasteiger partial charge in [0, 0.05) is 44.5 Å². The van der Waals surface area contributed by atoms with Gasteiger partial charge in [-0.15, -0.1) is 0 Å². The molecule has 0 saturated carbocycles. The van der Waals surface area contributed by atoms with Gasteiger partial charge in [0.1, 0.15) is 5.75 Å². The quantitative estimate of drug-likeness (QED) is 0.586. The second-order valence-corrected chi connectivity index (χ2v) is 8.12. The van der Waals surface area contributed by atoms with Gasteiger partial charge in [0.25, 0.3) is 5.91 Å². The predicted molar refractivity (Wildman–Crippen MR) is 116 cm³/mol. The molecule has 4 rings (SSSR count). The van der Waals surface area contributed by atoms with Gasteiger partial charge in [0.2, 0.25) is 0 Å². The average Bonchev–Trinajstić information content (AvgIpc) is 3.24. The largest absolute Gasteiger partial charge is 0.471 e. The predicted octanol–water partition coefficient (Wildman–Crippen LogP) is 3.77. The summed E-state index contributed by atoms with van der Waals surface area (Å²) in [6, 6.07) is 11.9. The van der Waals surface area contributed by atoms with Crippen LogP contribution in [0, 0.1) is 25.5 Å². The minimum absolute atomic E-state index is 0.147. The van der Waals surface area contributed by atoms with E-state index in [-0.39, 0.29) is 12.6 Å². The summed E-state index contributed by atoms with van der Waals surface area (Å²) in [5.41, 5.74) is 2.93. The van der Waals surface area contributed by atoms with E-state index in [0.29, 0.717) is 44.0 Å². The van der Waals surface area contributed by atoms with E-state index in [1.807, 2.05) is 30.9 Å². The third-order valence-corrected chi connectivity index (χ3v) is 5.50. The maximum atomic E-state index is 13.9. The fraction of sp³-hybridized carbons (Fsp3) is 0.333. The van der Waals surface area contributed by atoms with Crippen LogP contribution in [0.25, 0.3) is 0 Å². The highest BCUT2D eigenvalue weighted by atomic mass is 19.2. The van der Waals surface area contributed by atoms with E-state index in [1.54, 1.807) is 27.9 Å². The van der Waals surface area contributed by atoms with Gasteiger partial charge in [0.05, 0.1) is 0 Å². The monoisotopic (exact) mass is 440 g/mol. The Labute approximate surface area is 186 Å². The SMILES string of the molecule is Cc1cc(C)cc(OCn2ccc(C(=O)N3CCN(Cc4cccc(F)c4F)CC3)n2)c1. The van der Waals surface area contributed by atoms with Crippen LogP contribution in [0.4, 0.5) is 8.78 Å². The maximum absolute atomic E-state index is 13.9. The first-order valence-corrected chi connectivity index (χ1v) is 10.6. The average molecular weight is 440 g/mol. The molecule has 1 amide bonds. The maximum Gasteiger partial charge on any atom is 0.274 e. The van der Waals surface area contributed by atoms with E-state index in [4.69, 9.17) is 4.74 Å². The van der Waals surface area contributed by atoms with Gasteiger partial charge in [-0.05, 0) is 49.2 Å². The Hall–Kier alpha value is -3.26. The number of hydrogen-bond donors (Lipinski definition) is 0. The standard InChI is InChI=1S/C24H26F2N4O2/c1-17-12-18(2)14-20(13-17)32-16-30-7-6-22(27-30)24(31)29-10-8-28(9-11-29)15-19-4-3-5-21(25)23(19)26/h3-7,12-14H,8-11,15-16H2,1-2H3. The van der Waals surface area contributed by atoms with Crippen molar-refractivity contribution in [3.63, 3.8) is 0 Å². The number of amides is 1. The number of piperazine rings is 1. The van der Waals surface area contributed by atoms with Crippen LogP contribution in [0.5, 0.6) is 5.75 Å². The van der Waals surface area contributed by atoms with Crippen LogP contribution >= 0.6 is 0 Å². The van der Waals surface area contributed by atoms with E-state index >= 15 is 0 Å². The molecular formula is C24H26F2N4O2. The molecule has 32 heavy (non-hydrogen) atoms. The third-order valence-electron chi connectivity index (χ3n) is 5.50. The Morgan fingerprint density at radius 2 is 1.75 bits per heavy atom. The van der Waals surface area contributed by atoms with Crippen LogP contribution in [0.15, 0.2) is 48.7 Å². The van der Waals surface area contributed by atoms with E-state index in [1.165, 1.54) is 6.07 Å². The lowest BCUT2D eigenvalue weighted by molar-refractivity contribution is 0.0619. The third kappa shape index (κ3) is 5.13. The van der Waals surface area contributed by atoms with Crippen molar-refractivity contribution in [2.24, 2.45) is 0 Å². The van der Waals surface area contributed by atoms with Gasteiger partial charge < -0.3 is 9.64 Å². The van der Waals surface area contributed by atoms with Crippen molar-refractivity contribution >= 4 is 5.91 Å². The molecule has 0 bridgehead atoms. The fourth-order valence-electron chi connectivity index (χ4n) is 3.89. The number of carbonyl (C=O) groups excluding carboxylic acids is 1. The van der Waals surface area contributed by atoms with Crippen LogP contribution in [-0.2, 0) is 13.3 Å². The van der Waals surface area contributed by atoms with Crippen LogP contribution in [0.2, 0.25) is 0 Å². The Bertz CT molecular complexity index is 1090. The first-order valence-electron chi connectivity index (χ1n) is 10.6. The molecule has 8 heteroatoms. The molecule has 0 radical (unpaired) electrons. The summed E-state index contributed by atoms with van der Waals surface area (Å²) in [5.74, 6) is -1.03. The molecule has 1 aliphatic rings. The van der Waals surface area contributed by atoms with Gasteiger partial charge in [-0.2, -0.15) is 5.10 Å². The summed E-state index contributed by atoms with van der Waals surface area (Å²) >= 11 is 0. The minimum Gasteiger partial charge on any atom is -0.471 e. The van der Waals surface area contributed by atoms with Crippen LogP contribution < -0.4 is 4.74 Å². The topological polar surface area (TPSA) is 50.6 Å². The molecule has 0 spiro atoms. The normalized spacial score (nSPS) is 14.6. The van der Waals surface area contributed by atoms with Crippen LogP contribution in [0.3, 0.4) is 0 Å². The van der Waals surface area contributed by atoms with Crippen molar-refractivity contribution in [1.82, 2.24) is 19.6 Å². The molecule has 2 aromatic carbocycles. The fourth-order valence-corrected chi connectivity index (χ4v) is 3.89. The molecule has 0 aliphatic carbocycles. The lowest BCUT2D eigenvalue weighted by Crippen LogP contribution is -2.48. The molecule has 1 fully saturated rings. The molecule has 6 nitrogen and oxygen atoms in total. The highest BCUT2D eigenvalue weighted by Crippen LogP contribution is 2.18. The summed E-state index contributed by atoms with van der Waals surface area (Å²) in [6.45, 7) is 6.72. The molecule has 1 aromatic heterocycles. The van der Waals surface area contributed by atoms with Crippen molar-refractivity contribution in [2.75, 3.05) is 26.2 Å². The molecule has 1 saturated heterocycles. The van der Waals surface area contributed by atoms with Gasteiger partial charge >= 0.3 is 0 Å². The number of ether oxygens (including phenoxy) is 1. The molecule has 0 N–H and O–H groups in total. The van der Waals surface area contributed by atoms with Gasteiger partial charge in [-0.3, -0.25) is 9.69 Å². The Kier molecular flexibility index (Phi) is 6.50.